The highest BCUT2D eigenvalue weighted by molar-refractivity contribution is 6.01. The smallest absolute Gasteiger partial charge is 0.228 e. The van der Waals surface area contributed by atoms with Crippen molar-refractivity contribution in [3.63, 3.8) is 0 Å². The van der Waals surface area contributed by atoms with Crippen molar-refractivity contribution >= 4 is 28.4 Å². The van der Waals surface area contributed by atoms with Crippen LogP contribution in [0, 0.1) is 5.92 Å². The Morgan fingerprint density at radius 2 is 1.97 bits per heavy atom. The minimum atomic E-state index is -0.355. The number of nitrogens with zero attached hydrogens (tertiary/aromatic N) is 2. The molecule has 160 valence electrons. The standard InChI is InChI=1S/C24H25N3O4/c1-30-16-7-8-21(22(12-16)31-2)27-13-15(11-23(27)28)24(29)26-10-9-20-18(14-26)17-5-3-4-6-19(17)25-20/h3-8,12,15,25H,9-11,13-14H2,1-2H3. The first-order chi connectivity index (χ1) is 15.1. The first kappa shape index (κ1) is 19.5. The number of benzene rings is 2. The normalized spacial score (nSPS) is 18.4. The predicted molar refractivity (Wildman–Crippen MR) is 117 cm³/mol. The molecular weight excluding hydrogens is 394 g/mol. The summed E-state index contributed by atoms with van der Waals surface area (Å²) in [5.41, 5.74) is 4.17. The highest BCUT2D eigenvalue weighted by Crippen LogP contribution is 2.37. The van der Waals surface area contributed by atoms with E-state index in [1.54, 1.807) is 31.3 Å². The number of hydrogen-bond acceptors (Lipinski definition) is 4. The number of H-pyrrole nitrogens is 1. The molecule has 5 rings (SSSR count). The highest BCUT2D eigenvalue weighted by atomic mass is 16.5. The second-order valence-electron chi connectivity index (χ2n) is 8.08. The van der Waals surface area contributed by atoms with Crippen molar-refractivity contribution in [3.8, 4) is 11.5 Å². The van der Waals surface area contributed by atoms with E-state index in [1.165, 1.54) is 16.6 Å². The summed E-state index contributed by atoms with van der Waals surface area (Å²) in [6.45, 7) is 1.60. The van der Waals surface area contributed by atoms with Gasteiger partial charge in [-0.2, -0.15) is 0 Å². The number of carbonyl (C=O) groups is 2. The number of aromatic amines is 1. The number of hydrogen-bond donors (Lipinski definition) is 1. The van der Waals surface area contributed by atoms with Gasteiger partial charge in [-0.3, -0.25) is 9.59 Å². The monoisotopic (exact) mass is 419 g/mol. The third-order valence-corrected chi connectivity index (χ3v) is 6.35. The fourth-order valence-corrected chi connectivity index (χ4v) is 4.73. The lowest BCUT2D eigenvalue weighted by Crippen LogP contribution is -2.40. The molecule has 2 aliphatic heterocycles. The van der Waals surface area contributed by atoms with Crippen LogP contribution in [0.1, 0.15) is 17.7 Å². The van der Waals surface area contributed by atoms with Gasteiger partial charge in [0.1, 0.15) is 11.5 Å². The van der Waals surface area contributed by atoms with Gasteiger partial charge in [0.05, 0.1) is 25.8 Å². The van der Waals surface area contributed by atoms with Gasteiger partial charge < -0.3 is 24.3 Å². The van der Waals surface area contributed by atoms with E-state index in [9.17, 15) is 9.59 Å². The first-order valence-corrected chi connectivity index (χ1v) is 10.5. The van der Waals surface area contributed by atoms with Crippen LogP contribution in [0.2, 0.25) is 0 Å². The Morgan fingerprint density at radius 3 is 2.77 bits per heavy atom. The topological polar surface area (TPSA) is 74.9 Å². The minimum Gasteiger partial charge on any atom is -0.497 e. The van der Waals surface area contributed by atoms with Crippen LogP contribution in [0.3, 0.4) is 0 Å². The summed E-state index contributed by atoms with van der Waals surface area (Å²) in [5.74, 6) is 0.835. The van der Waals surface area contributed by atoms with E-state index in [1.807, 2.05) is 23.1 Å². The lowest BCUT2D eigenvalue weighted by molar-refractivity contribution is -0.136. The zero-order valence-electron chi connectivity index (χ0n) is 17.7. The Balaban J connectivity index is 1.35. The van der Waals surface area contributed by atoms with Crippen LogP contribution < -0.4 is 14.4 Å². The number of anilines is 1. The zero-order valence-corrected chi connectivity index (χ0v) is 17.7. The van der Waals surface area contributed by atoms with E-state index >= 15 is 0 Å². The molecule has 0 bridgehead atoms. The number of ether oxygens (including phenoxy) is 2. The largest absolute Gasteiger partial charge is 0.497 e. The minimum absolute atomic E-state index is 0.0410. The molecule has 1 atom stereocenters. The summed E-state index contributed by atoms with van der Waals surface area (Å²) < 4.78 is 10.7. The molecule has 3 aromatic rings. The summed E-state index contributed by atoms with van der Waals surface area (Å²) in [6, 6.07) is 13.5. The highest BCUT2D eigenvalue weighted by Gasteiger charge is 2.39. The van der Waals surface area contributed by atoms with Crippen LogP contribution in [0.5, 0.6) is 11.5 Å². The third-order valence-electron chi connectivity index (χ3n) is 6.35. The van der Waals surface area contributed by atoms with Crippen molar-refractivity contribution in [2.75, 3.05) is 32.2 Å². The van der Waals surface area contributed by atoms with E-state index < -0.39 is 0 Å². The first-order valence-electron chi connectivity index (χ1n) is 10.5. The third kappa shape index (κ3) is 3.30. The van der Waals surface area contributed by atoms with E-state index in [4.69, 9.17) is 9.47 Å². The van der Waals surface area contributed by atoms with Crippen molar-refractivity contribution in [2.45, 2.75) is 19.4 Å². The molecule has 1 unspecified atom stereocenters. The molecule has 0 aliphatic carbocycles. The van der Waals surface area contributed by atoms with Gasteiger partial charge in [0.2, 0.25) is 11.8 Å². The molecule has 1 saturated heterocycles. The van der Waals surface area contributed by atoms with Crippen LogP contribution in [0.15, 0.2) is 42.5 Å². The van der Waals surface area contributed by atoms with Crippen LogP contribution in [-0.4, -0.2) is 49.0 Å². The summed E-state index contributed by atoms with van der Waals surface area (Å²) in [7, 11) is 3.15. The number of fused-ring (bicyclic) bond motifs is 3. The Labute approximate surface area is 180 Å². The molecule has 1 aromatic heterocycles. The van der Waals surface area contributed by atoms with E-state index in [-0.39, 0.29) is 24.2 Å². The SMILES string of the molecule is COc1ccc(N2CC(C(=O)N3CCc4[nH]c5ccccc5c4C3)CC2=O)c(OC)c1. The second-order valence-corrected chi connectivity index (χ2v) is 8.08. The molecule has 7 heteroatoms. The molecule has 0 radical (unpaired) electrons. The molecule has 0 spiro atoms. The van der Waals surface area contributed by atoms with Gasteiger partial charge >= 0.3 is 0 Å². The van der Waals surface area contributed by atoms with Crippen LogP contribution in [0.25, 0.3) is 10.9 Å². The zero-order chi connectivity index (χ0) is 21.5. The molecule has 1 N–H and O–H groups in total. The van der Waals surface area contributed by atoms with Crippen molar-refractivity contribution in [1.82, 2.24) is 9.88 Å². The average molecular weight is 419 g/mol. The summed E-state index contributed by atoms with van der Waals surface area (Å²) in [4.78, 5) is 33.2. The molecule has 2 aliphatic rings. The van der Waals surface area contributed by atoms with Crippen LogP contribution >= 0.6 is 0 Å². The number of carbonyl (C=O) groups excluding carboxylic acids is 2. The molecule has 3 heterocycles. The summed E-state index contributed by atoms with van der Waals surface area (Å²) in [6.07, 6.45) is 1.01. The lowest BCUT2D eigenvalue weighted by Gasteiger charge is -2.29. The fraction of sp³-hybridized carbons (Fsp3) is 0.333. The van der Waals surface area contributed by atoms with Gasteiger partial charge in [0.25, 0.3) is 0 Å². The van der Waals surface area contributed by atoms with Gasteiger partial charge in [-0.25, -0.2) is 0 Å². The van der Waals surface area contributed by atoms with Crippen molar-refractivity contribution in [3.05, 3.63) is 53.7 Å². The maximum Gasteiger partial charge on any atom is 0.228 e. The molecule has 31 heavy (non-hydrogen) atoms. The Kier molecular flexibility index (Phi) is 4.81. The average Bonchev–Trinajstić information content (AvgIpc) is 3.38. The van der Waals surface area contributed by atoms with Crippen molar-refractivity contribution in [1.29, 1.82) is 0 Å². The second kappa shape index (κ2) is 7.65. The van der Waals surface area contributed by atoms with Crippen LogP contribution in [-0.2, 0) is 22.6 Å². The Bertz CT molecular complexity index is 1170. The van der Waals surface area contributed by atoms with Gasteiger partial charge in [0.15, 0.2) is 0 Å². The number of aromatic nitrogens is 1. The van der Waals surface area contributed by atoms with E-state index in [0.29, 0.717) is 36.8 Å². The number of methoxy groups -OCH3 is 2. The number of rotatable bonds is 4. The molecule has 1 fully saturated rings. The molecule has 7 nitrogen and oxygen atoms in total. The van der Waals surface area contributed by atoms with E-state index in [2.05, 4.69) is 17.1 Å². The van der Waals surface area contributed by atoms with E-state index in [0.717, 1.165) is 11.9 Å². The molecule has 2 amide bonds. The number of nitrogens with one attached hydrogen (secondary N) is 1. The van der Waals surface area contributed by atoms with Crippen molar-refractivity contribution < 1.29 is 19.1 Å². The summed E-state index contributed by atoms with van der Waals surface area (Å²) >= 11 is 0. The van der Waals surface area contributed by atoms with Crippen LogP contribution in [0.4, 0.5) is 5.69 Å². The predicted octanol–water partition coefficient (Wildman–Crippen LogP) is 3.12. The Hall–Kier alpha value is -3.48. The van der Waals surface area contributed by atoms with Gasteiger partial charge in [-0.05, 0) is 18.2 Å². The molecular formula is C24H25N3O4. The Morgan fingerprint density at radius 1 is 1.13 bits per heavy atom. The maximum absolute atomic E-state index is 13.3. The fourth-order valence-electron chi connectivity index (χ4n) is 4.73. The lowest BCUT2D eigenvalue weighted by atomic mass is 10.0. The number of para-hydroxylation sites is 1. The van der Waals surface area contributed by atoms with Gasteiger partial charge in [-0.15, -0.1) is 0 Å². The summed E-state index contributed by atoms with van der Waals surface area (Å²) in [5, 5.41) is 1.17. The van der Waals surface area contributed by atoms with Gasteiger partial charge in [-0.1, -0.05) is 18.2 Å². The molecule has 2 aromatic carbocycles. The number of amides is 2. The maximum atomic E-state index is 13.3. The molecule has 0 saturated carbocycles. The van der Waals surface area contributed by atoms with Crippen molar-refractivity contribution in [2.24, 2.45) is 5.92 Å². The van der Waals surface area contributed by atoms with Gasteiger partial charge in [0, 0.05) is 60.7 Å². The quantitative estimate of drug-likeness (QED) is 0.705.